The van der Waals surface area contributed by atoms with E-state index in [4.69, 9.17) is 16.3 Å². The van der Waals surface area contributed by atoms with E-state index in [2.05, 4.69) is 36.6 Å². The number of rotatable bonds is 4. The van der Waals surface area contributed by atoms with Crippen LogP contribution in [0.3, 0.4) is 0 Å². The summed E-state index contributed by atoms with van der Waals surface area (Å²) >= 11 is 9.38. The molecular weight excluding hydrogens is 375 g/mol. The number of ether oxygens (including phenoxy) is 1. The second-order valence-electron chi connectivity index (χ2n) is 4.37. The van der Waals surface area contributed by atoms with Crippen molar-refractivity contribution in [2.75, 3.05) is 0 Å². The van der Waals surface area contributed by atoms with E-state index in [-0.39, 0.29) is 6.61 Å². The Kier molecular flexibility index (Phi) is 4.35. The molecule has 0 unspecified atom stereocenters. The van der Waals surface area contributed by atoms with Gasteiger partial charge in [0, 0.05) is 11.1 Å². The maximum Gasteiger partial charge on any atom is 0.204 e. The zero-order valence-corrected chi connectivity index (χ0v) is 13.4. The number of nitrogens with zero attached hydrogens (tertiary/aromatic N) is 3. The molecule has 0 aliphatic carbocycles. The van der Waals surface area contributed by atoms with Gasteiger partial charge in [-0.05, 0) is 51.5 Å². The third kappa shape index (κ3) is 3.10. The molecule has 2 aromatic carbocycles. The van der Waals surface area contributed by atoms with Crippen molar-refractivity contribution in [3.8, 4) is 17.1 Å². The van der Waals surface area contributed by atoms with Crippen molar-refractivity contribution < 1.29 is 9.13 Å². The van der Waals surface area contributed by atoms with Crippen LogP contribution in [0.25, 0.3) is 11.4 Å². The van der Waals surface area contributed by atoms with E-state index in [1.807, 2.05) is 0 Å². The molecule has 8 heteroatoms. The van der Waals surface area contributed by atoms with Gasteiger partial charge in [-0.25, -0.2) is 4.39 Å². The van der Waals surface area contributed by atoms with Gasteiger partial charge in [-0.2, -0.15) is 5.21 Å². The van der Waals surface area contributed by atoms with E-state index in [1.54, 1.807) is 30.3 Å². The fourth-order valence-electron chi connectivity index (χ4n) is 1.86. The van der Waals surface area contributed by atoms with E-state index in [0.29, 0.717) is 26.6 Å². The second-order valence-corrected chi connectivity index (χ2v) is 5.63. The number of hydrogen-bond donors (Lipinski definition) is 1. The Labute approximate surface area is 138 Å². The second kappa shape index (κ2) is 6.41. The highest BCUT2D eigenvalue weighted by Crippen LogP contribution is 2.30. The molecule has 0 aliphatic heterocycles. The van der Waals surface area contributed by atoms with Crippen molar-refractivity contribution in [1.29, 1.82) is 0 Å². The molecule has 0 amide bonds. The molecule has 3 rings (SSSR count). The molecular formula is C14H9BrClFN4O. The molecule has 0 atom stereocenters. The summed E-state index contributed by atoms with van der Waals surface area (Å²) < 4.78 is 20.0. The Hall–Kier alpha value is -1.99. The Balaban J connectivity index is 1.79. The highest BCUT2D eigenvalue weighted by atomic mass is 79.9. The van der Waals surface area contributed by atoms with Crippen LogP contribution in [0.1, 0.15) is 5.56 Å². The summed E-state index contributed by atoms with van der Waals surface area (Å²) in [6, 6.07) is 9.84. The third-order valence-electron chi connectivity index (χ3n) is 2.97. The van der Waals surface area contributed by atoms with Crippen molar-refractivity contribution in [2.24, 2.45) is 0 Å². The maximum atomic E-state index is 13.7. The van der Waals surface area contributed by atoms with E-state index in [0.717, 1.165) is 5.56 Å². The van der Waals surface area contributed by atoms with Crippen LogP contribution in [0.2, 0.25) is 5.02 Å². The number of halogens is 3. The number of benzene rings is 2. The van der Waals surface area contributed by atoms with Gasteiger partial charge in [0.1, 0.15) is 18.2 Å². The zero-order valence-electron chi connectivity index (χ0n) is 11.1. The predicted octanol–water partition coefficient (Wildman–Crippen LogP) is 4.00. The molecule has 0 fully saturated rings. The molecule has 0 aliphatic rings. The topological polar surface area (TPSA) is 63.7 Å². The molecule has 1 heterocycles. The first kappa shape index (κ1) is 14.9. The van der Waals surface area contributed by atoms with Crippen molar-refractivity contribution in [2.45, 2.75) is 6.61 Å². The lowest BCUT2D eigenvalue weighted by molar-refractivity contribution is 0.298. The average molecular weight is 384 g/mol. The molecule has 0 radical (unpaired) electrons. The van der Waals surface area contributed by atoms with Crippen LogP contribution in [-0.2, 0) is 6.61 Å². The predicted molar refractivity (Wildman–Crippen MR) is 83.1 cm³/mol. The lowest BCUT2D eigenvalue weighted by Crippen LogP contribution is -2.00. The van der Waals surface area contributed by atoms with E-state index < -0.39 is 5.82 Å². The van der Waals surface area contributed by atoms with Crippen molar-refractivity contribution >= 4 is 27.5 Å². The van der Waals surface area contributed by atoms with Crippen molar-refractivity contribution in [3.05, 3.63) is 57.3 Å². The van der Waals surface area contributed by atoms with Crippen LogP contribution >= 0.6 is 27.5 Å². The van der Waals surface area contributed by atoms with Gasteiger partial charge < -0.3 is 4.74 Å². The molecule has 22 heavy (non-hydrogen) atoms. The van der Waals surface area contributed by atoms with Crippen LogP contribution in [0.5, 0.6) is 5.75 Å². The van der Waals surface area contributed by atoms with Crippen LogP contribution in [0, 0.1) is 5.82 Å². The first-order valence-electron chi connectivity index (χ1n) is 6.24. The number of aromatic amines is 1. The quantitative estimate of drug-likeness (QED) is 0.739. The van der Waals surface area contributed by atoms with Gasteiger partial charge in [-0.1, -0.05) is 17.7 Å². The lowest BCUT2D eigenvalue weighted by atomic mass is 10.2. The molecule has 112 valence electrons. The third-order valence-corrected chi connectivity index (χ3v) is 3.94. The van der Waals surface area contributed by atoms with Gasteiger partial charge in [0.25, 0.3) is 0 Å². The lowest BCUT2D eigenvalue weighted by Gasteiger charge is -2.10. The molecule has 0 saturated heterocycles. The van der Waals surface area contributed by atoms with Crippen molar-refractivity contribution in [3.63, 3.8) is 0 Å². The minimum Gasteiger partial charge on any atom is -0.488 e. The molecule has 1 N–H and O–H groups in total. The molecule has 0 spiro atoms. The molecule has 0 bridgehead atoms. The van der Waals surface area contributed by atoms with E-state index in [9.17, 15) is 4.39 Å². The van der Waals surface area contributed by atoms with Crippen LogP contribution in [-0.4, -0.2) is 20.6 Å². The standard InChI is InChI=1S/C14H9BrClFN4O/c15-10-6-8(14-18-20-21-19-14)4-5-13(10)22-7-9-11(16)2-1-3-12(9)17/h1-6H,7H2,(H,18,19,20,21). The first-order valence-corrected chi connectivity index (χ1v) is 7.41. The summed E-state index contributed by atoms with van der Waals surface area (Å²) in [4.78, 5) is 0. The Morgan fingerprint density at radius 3 is 2.82 bits per heavy atom. The number of nitrogens with one attached hydrogen (secondary N) is 1. The van der Waals surface area contributed by atoms with E-state index in [1.165, 1.54) is 6.07 Å². The molecule has 3 aromatic rings. The smallest absolute Gasteiger partial charge is 0.204 e. The largest absolute Gasteiger partial charge is 0.488 e. The summed E-state index contributed by atoms with van der Waals surface area (Å²) in [7, 11) is 0. The highest BCUT2D eigenvalue weighted by molar-refractivity contribution is 9.10. The maximum absolute atomic E-state index is 13.7. The minimum atomic E-state index is -0.396. The van der Waals surface area contributed by atoms with Gasteiger partial charge in [-0.3, -0.25) is 0 Å². The summed E-state index contributed by atoms with van der Waals surface area (Å²) in [6.07, 6.45) is 0. The van der Waals surface area contributed by atoms with Gasteiger partial charge in [0.05, 0.1) is 9.50 Å². The Bertz CT molecular complexity index is 777. The summed E-state index contributed by atoms with van der Waals surface area (Å²) in [5, 5.41) is 14.0. The summed E-state index contributed by atoms with van der Waals surface area (Å²) in [5.74, 6) is 0.642. The number of H-pyrrole nitrogens is 1. The fraction of sp³-hybridized carbons (Fsp3) is 0.0714. The van der Waals surface area contributed by atoms with Crippen LogP contribution in [0.4, 0.5) is 4.39 Å². The number of aromatic nitrogens is 4. The van der Waals surface area contributed by atoms with Crippen molar-refractivity contribution in [1.82, 2.24) is 20.6 Å². The highest BCUT2D eigenvalue weighted by Gasteiger charge is 2.11. The van der Waals surface area contributed by atoms with Gasteiger partial charge >= 0.3 is 0 Å². The monoisotopic (exact) mass is 382 g/mol. The Morgan fingerprint density at radius 2 is 2.14 bits per heavy atom. The fourth-order valence-corrected chi connectivity index (χ4v) is 2.57. The normalized spacial score (nSPS) is 10.7. The minimum absolute atomic E-state index is 0.0334. The average Bonchev–Trinajstić information content (AvgIpc) is 3.02. The van der Waals surface area contributed by atoms with Gasteiger partial charge in [-0.15, -0.1) is 10.2 Å². The SMILES string of the molecule is Fc1cccc(Cl)c1COc1ccc(-c2nn[nH]n2)cc1Br. The zero-order chi connectivity index (χ0) is 15.5. The molecule has 5 nitrogen and oxygen atoms in total. The molecule has 0 saturated carbocycles. The number of tetrazole rings is 1. The van der Waals surface area contributed by atoms with Crippen LogP contribution < -0.4 is 4.74 Å². The molecule has 1 aromatic heterocycles. The number of hydrogen-bond acceptors (Lipinski definition) is 4. The summed E-state index contributed by atoms with van der Waals surface area (Å²) in [5.41, 5.74) is 1.09. The Morgan fingerprint density at radius 1 is 1.27 bits per heavy atom. The summed E-state index contributed by atoms with van der Waals surface area (Å²) in [6.45, 7) is 0.0334. The van der Waals surface area contributed by atoms with E-state index >= 15 is 0 Å². The van der Waals surface area contributed by atoms with Gasteiger partial charge in [0.2, 0.25) is 5.82 Å². The van der Waals surface area contributed by atoms with Gasteiger partial charge in [0.15, 0.2) is 0 Å². The first-order chi connectivity index (χ1) is 10.6. The van der Waals surface area contributed by atoms with Crippen LogP contribution in [0.15, 0.2) is 40.9 Å².